The Morgan fingerprint density at radius 1 is 1.25 bits per heavy atom. The number of aryl methyl sites for hydroxylation is 1. The number of nitrogens with two attached hydrogens (primary N) is 1. The monoisotopic (exact) mass is 269 g/mol. The molecule has 0 amide bonds. The number of ether oxygens (including phenoxy) is 2. The molecule has 0 aromatic heterocycles. The standard InChI is InChI=1S/C17H19NO2/c1-11-5-3-4-6-15(11)16-9-13(19-2)7-12-8-14(10-18)20-17(12)16/h3-7,9,14H,8,10,18H2,1-2H3/t14-/m0/s1. The molecule has 3 rings (SSSR count). The van der Waals surface area contributed by atoms with Crippen molar-refractivity contribution < 1.29 is 9.47 Å². The van der Waals surface area contributed by atoms with Crippen molar-refractivity contribution in [1.29, 1.82) is 0 Å². The SMILES string of the molecule is COc1cc2c(c(-c3ccccc3C)c1)O[C@H](CN)C2. The van der Waals surface area contributed by atoms with Crippen LogP contribution in [0, 0.1) is 6.92 Å². The van der Waals surface area contributed by atoms with Gasteiger partial charge in [0.15, 0.2) is 0 Å². The molecular formula is C17H19NO2. The van der Waals surface area contributed by atoms with Crippen molar-refractivity contribution >= 4 is 0 Å². The highest BCUT2D eigenvalue weighted by Gasteiger charge is 2.26. The zero-order valence-electron chi connectivity index (χ0n) is 11.8. The summed E-state index contributed by atoms with van der Waals surface area (Å²) in [6.07, 6.45) is 0.918. The molecule has 2 aromatic rings. The Balaban J connectivity index is 2.16. The second-order valence-electron chi connectivity index (χ2n) is 5.16. The van der Waals surface area contributed by atoms with Crippen molar-refractivity contribution in [2.24, 2.45) is 5.73 Å². The Bertz CT molecular complexity index is 637. The van der Waals surface area contributed by atoms with Crippen molar-refractivity contribution in [3.05, 3.63) is 47.5 Å². The molecule has 2 aromatic carbocycles. The fourth-order valence-corrected chi connectivity index (χ4v) is 2.73. The zero-order valence-corrected chi connectivity index (χ0v) is 11.8. The first-order valence-electron chi connectivity index (χ1n) is 6.86. The predicted octanol–water partition coefficient (Wildman–Crippen LogP) is 2.93. The van der Waals surface area contributed by atoms with Gasteiger partial charge in [-0.1, -0.05) is 24.3 Å². The van der Waals surface area contributed by atoms with Gasteiger partial charge in [-0.25, -0.2) is 0 Å². The van der Waals surface area contributed by atoms with E-state index in [0.29, 0.717) is 6.54 Å². The first-order valence-corrected chi connectivity index (χ1v) is 6.86. The van der Waals surface area contributed by atoms with Crippen LogP contribution in [0.1, 0.15) is 11.1 Å². The highest BCUT2D eigenvalue weighted by atomic mass is 16.5. The van der Waals surface area contributed by atoms with Gasteiger partial charge in [0.2, 0.25) is 0 Å². The van der Waals surface area contributed by atoms with Gasteiger partial charge < -0.3 is 15.2 Å². The van der Waals surface area contributed by atoms with E-state index in [1.54, 1.807) is 7.11 Å². The predicted molar refractivity (Wildman–Crippen MR) is 80.3 cm³/mol. The van der Waals surface area contributed by atoms with E-state index < -0.39 is 0 Å². The Kier molecular flexibility index (Phi) is 3.36. The molecule has 3 heteroatoms. The lowest BCUT2D eigenvalue weighted by atomic mass is 9.97. The number of fused-ring (bicyclic) bond motifs is 1. The quantitative estimate of drug-likeness (QED) is 0.931. The molecule has 1 atom stereocenters. The summed E-state index contributed by atoms with van der Waals surface area (Å²) in [5, 5.41) is 0. The van der Waals surface area contributed by atoms with Gasteiger partial charge in [0.05, 0.1) is 7.11 Å². The van der Waals surface area contributed by atoms with Crippen LogP contribution in [0.25, 0.3) is 11.1 Å². The number of methoxy groups -OCH3 is 1. The van der Waals surface area contributed by atoms with E-state index in [4.69, 9.17) is 15.2 Å². The van der Waals surface area contributed by atoms with Gasteiger partial charge in [-0.05, 0) is 30.2 Å². The van der Waals surface area contributed by atoms with Gasteiger partial charge >= 0.3 is 0 Å². The Hall–Kier alpha value is -2.00. The van der Waals surface area contributed by atoms with Crippen LogP contribution in [0.15, 0.2) is 36.4 Å². The van der Waals surface area contributed by atoms with Crippen LogP contribution in [0.3, 0.4) is 0 Å². The Morgan fingerprint density at radius 2 is 2.05 bits per heavy atom. The molecule has 20 heavy (non-hydrogen) atoms. The molecular weight excluding hydrogens is 250 g/mol. The molecule has 0 radical (unpaired) electrons. The van der Waals surface area contributed by atoms with Crippen LogP contribution >= 0.6 is 0 Å². The van der Waals surface area contributed by atoms with Crippen LogP contribution in [-0.4, -0.2) is 19.8 Å². The Morgan fingerprint density at radius 3 is 2.75 bits per heavy atom. The lowest BCUT2D eigenvalue weighted by molar-refractivity contribution is 0.242. The second kappa shape index (κ2) is 5.17. The molecule has 3 nitrogen and oxygen atoms in total. The second-order valence-corrected chi connectivity index (χ2v) is 5.16. The Labute approximate surface area is 119 Å². The first-order chi connectivity index (χ1) is 9.72. The van der Waals surface area contributed by atoms with E-state index in [9.17, 15) is 0 Å². The summed E-state index contributed by atoms with van der Waals surface area (Å²) >= 11 is 0. The minimum atomic E-state index is 0.0693. The summed E-state index contributed by atoms with van der Waals surface area (Å²) in [6.45, 7) is 2.64. The lowest BCUT2D eigenvalue weighted by Gasteiger charge is -2.14. The molecule has 104 valence electrons. The van der Waals surface area contributed by atoms with E-state index in [0.717, 1.165) is 23.5 Å². The minimum absolute atomic E-state index is 0.0693. The fraction of sp³-hybridized carbons (Fsp3) is 0.294. The third-order valence-corrected chi connectivity index (χ3v) is 3.81. The summed E-state index contributed by atoms with van der Waals surface area (Å²) in [5.74, 6) is 1.82. The van der Waals surface area contributed by atoms with Gasteiger partial charge in [-0.15, -0.1) is 0 Å². The van der Waals surface area contributed by atoms with E-state index in [2.05, 4.69) is 19.1 Å². The van der Waals surface area contributed by atoms with E-state index >= 15 is 0 Å². The van der Waals surface area contributed by atoms with Crippen LogP contribution in [0.4, 0.5) is 0 Å². The van der Waals surface area contributed by atoms with Crippen LogP contribution in [0.2, 0.25) is 0 Å². The van der Waals surface area contributed by atoms with E-state index in [1.807, 2.05) is 24.3 Å². The van der Waals surface area contributed by atoms with Gasteiger partial charge in [0, 0.05) is 24.1 Å². The largest absolute Gasteiger partial charge is 0.497 e. The molecule has 0 unspecified atom stereocenters. The summed E-state index contributed by atoms with van der Waals surface area (Å²) < 4.78 is 11.4. The molecule has 0 fully saturated rings. The third-order valence-electron chi connectivity index (χ3n) is 3.81. The average molecular weight is 269 g/mol. The maximum Gasteiger partial charge on any atom is 0.131 e. The molecule has 2 N–H and O–H groups in total. The summed E-state index contributed by atoms with van der Waals surface area (Å²) in [7, 11) is 1.69. The highest BCUT2D eigenvalue weighted by Crippen LogP contribution is 2.42. The molecule has 0 spiro atoms. The molecule has 0 bridgehead atoms. The normalized spacial score (nSPS) is 16.6. The van der Waals surface area contributed by atoms with Gasteiger partial charge in [0.1, 0.15) is 17.6 Å². The van der Waals surface area contributed by atoms with Gasteiger partial charge in [0.25, 0.3) is 0 Å². The summed E-state index contributed by atoms with van der Waals surface area (Å²) in [6, 6.07) is 12.4. The smallest absolute Gasteiger partial charge is 0.131 e. The maximum atomic E-state index is 6.02. The topological polar surface area (TPSA) is 44.5 Å². The average Bonchev–Trinajstić information content (AvgIpc) is 2.90. The lowest BCUT2D eigenvalue weighted by Crippen LogP contribution is -2.24. The fourth-order valence-electron chi connectivity index (χ4n) is 2.73. The van der Waals surface area contributed by atoms with Crippen LogP contribution in [-0.2, 0) is 6.42 Å². The molecule has 1 aliphatic heterocycles. The first kappa shape index (κ1) is 13.0. The van der Waals surface area contributed by atoms with Gasteiger partial charge in [-0.2, -0.15) is 0 Å². The van der Waals surface area contributed by atoms with Crippen LogP contribution in [0.5, 0.6) is 11.5 Å². The zero-order chi connectivity index (χ0) is 14.1. The minimum Gasteiger partial charge on any atom is -0.497 e. The number of benzene rings is 2. The number of hydrogen-bond acceptors (Lipinski definition) is 3. The number of hydrogen-bond donors (Lipinski definition) is 1. The molecule has 1 aliphatic rings. The highest BCUT2D eigenvalue weighted by molar-refractivity contribution is 5.77. The summed E-state index contributed by atoms with van der Waals surface area (Å²) in [5.41, 5.74) is 10.4. The van der Waals surface area contributed by atoms with Crippen LogP contribution < -0.4 is 15.2 Å². The van der Waals surface area contributed by atoms with Crippen molar-refractivity contribution in [2.45, 2.75) is 19.4 Å². The van der Waals surface area contributed by atoms with Crippen molar-refractivity contribution in [2.75, 3.05) is 13.7 Å². The van der Waals surface area contributed by atoms with Crippen molar-refractivity contribution in [3.8, 4) is 22.6 Å². The van der Waals surface area contributed by atoms with Gasteiger partial charge in [-0.3, -0.25) is 0 Å². The van der Waals surface area contributed by atoms with Crippen molar-refractivity contribution in [3.63, 3.8) is 0 Å². The number of rotatable bonds is 3. The molecule has 0 saturated heterocycles. The van der Waals surface area contributed by atoms with E-state index in [1.165, 1.54) is 16.7 Å². The summed E-state index contributed by atoms with van der Waals surface area (Å²) in [4.78, 5) is 0. The molecule has 1 heterocycles. The third kappa shape index (κ3) is 2.14. The van der Waals surface area contributed by atoms with E-state index in [-0.39, 0.29) is 6.10 Å². The van der Waals surface area contributed by atoms with Crippen molar-refractivity contribution in [1.82, 2.24) is 0 Å². The molecule has 0 aliphatic carbocycles. The molecule has 0 saturated carbocycles. The maximum absolute atomic E-state index is 6.02.